The number of carbonyl (C=O) groups excluding carboxylic acids is 1. The fourth-order valence-electron chi connectivity index (χ4n) is 2.13. The monoisotopic (exact) mass is 193 g/mol. The first-order valence-corrected chi connectivity index (χ1v) is 5.26. The number of aromatic nitrogens is 3. The molecule has 0 bridgehead atoms. The van der Waals surface area contributed by atoms with E-state index in [1.807, 2.05) is 11.6 Å². The number of hydrogen-bond donors (Lipinski definition) is 0. The van der Waals surface area contributed by atoms with Crippen LogP contribution in [0.5, 0.6) is 0 Å². The Labute approximate surface area is 83.3 Å². The van der Waals surface area contributed by atoms with Crippen LogP contribution in [0.3, 0.4) is 0 Å². The summed E-state index contributed by atoms with van der Waals surface area (Å²) in [6.45, 7) is 2.00. The molecule has 76 valence electrons. The molecular formula is C10H15N3O. The molecule has 1 aliphatic rings. The van der Waals surface area contributed by atoms with Crippen molar-refractivity contribution in [1.29, 1.82) is 0 Å². The van der Waals surface area contributed by atoms with E-state index >= 15 is 0 Å². The molecule has 0 radical (unpaired) electrons. The Bertz CT molecular complexity index is 326. The van der Waals surface area contributed by atoms with Crippen molar-refractivity contribution >= 4 is 6.29 Å². The Balaban J connectivity index is 2.31. The van der Waals surface area contributed by atoms with Crippen molar-refractivity contribution < 1.29 is 4.79 Å². The zero-order valence-corrected chi connectivity index (χ0v) is 8.44. The van der Waals surface area contributed by atoms with E-state index in [0.717, 1.165) is 31.2 Å². The van der Waals surface area contributed by atoms with Gasteiger partial charge < -0.3 is 0 Å². The molecule has 1 aromatic rings. The molecular weight excluding hydrogens is 178 g/mol. The standard InChI is InChI=1S/C10H15N3O/c1-2-9-10(7-14)13(12-11-9)8-5-3-4-6-8/h7-8H,2-6H2,1H3. The lowest BCUT2D eigenvalue weighted by Crippen LogP contribution is -2.10. The van der Waals surface area contributed by atoms with Gasteiger partial charge in [0.15, 0.2) is 6.29 Å². The maximum Gasteiger partial charge on any atom is 0.170 e. The summed E-state index contributed by atoms with van der Waals surface area (Å²) in [6.07, 6.45) is 6.41. The third-order valence-electron chi connectivity index (χ3n) is 2.92. The minimum Gasteiger partial charge on any atom is -0.296 e. The molecule has 4 heteroatoms. The molecule has 0 saturated heterocycles. The third kappa shape index (κ3) is 1.45. The lowest BCUT2D eigenvalue weighted by Gasteiger charge is -2.09. The number of rotatable bonds is 3. The van der Waals surface area contributed by atoms with Crippen LogP contribution in [0.4, 0.5) is 0 Å². The van der Waals surface area contributed by atoms with Crippen molar-refractivity contribution in [2.24, 2.45) is 0 Å². The molecule has 1 aliphatic carbocycles. The van der Waals surface area contributed by atoms with Crippen molar-refractivity contribution in [3.63, 3.8) is 0 Å². The summed E-state index contributed by atoms with van der Waals surface area (Å²) in [5.74, 6) is 0. The molecule has 14 heavy (non-hydrogen) atoms. The van der Waals surface area contributed by atoms with Crippen molar-refractivity contribution in [2.45, 2.75) is 45.1 Å². The summed E-state index contributed by atoms with van der Waals surface area (Å²) in [7, 11) is 0. The molecule has 1 aromatic heterocycles. The molecule has 0 N–H and O–H groups in total. The molecule has 0 amide bonds. The number of aldehydes is 1. The van der Waals surface area contributed by atoms with Crippen LogP contribution in [-0.2, 0) is 6.42 Å². The highest BCUT2D eigenvalue weighted by atomic mass is 16.1. The SMILES string of the molecule is CCc1nnn(C2CCCC2)c1C=O. The maximum absolute atomic E-state index is 10.9. The average Bonchev–Trinajstić information content (AvgIpc) is 2.85. The highest BCUT2D eigenvalue weighted by Gasteiger charge is 2.22. The van der Waals surface area contributed by atoms with E-state index in [1.54, 1.807) is 0 Å². The minimum atomic E-state index is 0.406. The zero-order chi connectivity index (χ0) is 9.97. The van der Waals surface area contributed by atoms with E-state index in [2.05, 4.69) is 10.3 Å². The van der Waals surface area contributed by atoms with E-state index < -0.39 is 0 Å². The van der Waals surface area contributed by atoms with Crippen LogP contribution in [-0.4, -0.2) is 21.3 Å². The molecule has 0 atom stereocenters. The van der Waals surface area contributed by atoms with Gasteiger partial charge in [0.2, 0.25) is 0 Å². The van der Waals surface area contributed by atoms with Gasteiger partial charge in [-0.25, -0.2) is 4.68 Å². The topological polar surface area (TPSA) is 47.8 Å². The largest absolute Gasteiger partial charge is 0.296 e. The van der Waals surface area contributed by atoms with Gasteiger partial charge >= 0.3 is 0 Å². The molecule has 4 nitrogen and oxygen atoms in total. The van der Waals surface area contributed by atoms with Gasteiger partial charge in [-0.15, -0.1) is 5.10 Å². The number of hydrogen-bond acceptors (Lipinski definition) is 3. The van der Waals surface area contributed by atoms with E-state index in [4.69, 9.17) is 0 Å². The molecule has 2 rings (SSSR count). The Hall–Kier alpha value is -1.19. The highest BCUT2D eigenvalue weighted by Crippen LogP contribution is 2.29. The number of carbonyl (C=O) groups is 1. The second kappa shape index (κ2) is 3.90. The summed E-state index contributed by atoms with van der Waals surface area (Å²) in [5, 5.41) is 8.11. The maximum atomic E-state index is 10.9. The van der Waals surface area contributed by atoms with Gasteiger partial charge in [0.25, 0.3) is 0 Å². The van der Waals surface area contributed by atoms with Gasteiger partial charge in [-0.3, -0.25) is 4.79 Å². The van der Waals surface area contributed by atoms with Gasteiger partial charge in [0.05, 0.1) is 11.7 Å². The van der Waals surface area contributed by atoms with Crippen LogP contribution >= 0.6 is 0 Å². The normalized spacial score (nSPS) is 17.5. The summed E-state index contributed by atoms with van der Waals surface area (Å²) >= 11 is 0. The second-order valence-electron chi connectivity index (χ2n) is 3.78. The fourth-order valence-corrected chi connectivity index (χ4v) is 2.13. The summed E-state index contributed by atoms with van der Waals surface area (Å²) in [6, 6.07) is 0.406. The summed E-state index contributed by atoms with van der Waals surface area (Å²) in [4.78, 5) is 10.9. The Morgan fingerprint density at radius 1 is 1.50 bits per heavy atom. The lowest BCUT2D eigenvalue weighted by molar-refractivity contribution is 0.111. The minimum absolute atomic E-state index is 0.406. The quantitative estimate of drug-likeness (QED) is 0.687. The summed E-state index contributed by atoms with van der Waals surface area (Å²) < 4.78 is 1.82. The van der Waals surface area contributed by atoms with E-state index in [9.17, 15) is 4.79 Å². The predicted molar refractivity (Wildman–Crippen MR) is 52.3 cm³/mol. The number of aryl methyl sites for hydroxylation is 1. The molecule has 0 aromatic carbocycles. The van der Waals surface area contributed by atoms with Crippen LogP contribution in [0, 0.1) is 0 Å². The molecule has 0 aliphatic heterocycles. The summed E-state index contributed by atoms with van der Waals surface area (Å²) in [5.41, 5.74) is 1.51. The first-order chi connectivity index (χ1) is 6.86. The molecule has 0 unspecified atom stereocenters. The Morgan fingerprint density at radius 3 is 2.79 bits per heavy atom. The van der Waals surface area contributed by atoms with Gasteiger partial charge in [-0.05, 0) is 19.3 Å². The zero-order valence-electron chi connectivity index (χ0n) is 8.44. The van der Waals surface area contributed by atoms with Crippen LogP contribution in [0.25, 0.3) is 0 Å². The third-order valence-corrected chi connectivity index (χ3v) is 2.92. The molecule has 0 spiro atoms. The average molecular weight is 193 g/mol. The second-order valence-corrected chi connectivity index (χ2v) is 3.78. The highest BCUT2D eigenvalue weighted by molar-refractivity contribution is 5.73. The molecule has 1 saturated carbocycles. The van der Waals surface area contributed by atoms with Crippen LogP contribution in [0.1, 0.15) is 54.8 Å². The van der Waals surface area contributed by atoms with E-state index in [1.165, 1.54) is 12.8 Å². The first kappa shape index (κ1) is 9.37. The van der Waals surface area contributed by atoms with Crippen LogP contribution in [0.2, 0.25) is 0 Å². The van der Waals surface area contributed by atoms with Crippen LogP contribution in [0.15, 0.2) is 0 Å². The van der Waals surface area contributed by atoms with E-state index in [-0.39, 0.29) is 0 Å². The van der Waals surface area contributed by atoms with Gasteiger partial charge in [0, 0.05) is 0 Å². The predicted octanol–water partition coefficient (Wildman–Crippen LogP) is 1.77. The first-order valence-electron chi connectivity index (χ1n) is 5.26. The van der Waals surface area contributed by atoms with Crippen molar-refractivity contribution in [3.05, 3.63) is 11.4 Å². The molecule has 1 heterocycles. The van der Waals surface area contributed by atoms with Gasteiger partial charge in [-0.2, -0.15) is 0 Å². The van der Waals surface area contributed by atoms with Gasteiger partial charge in [0.1, 0.15) is 5.69 Å². The Kier molecular flexibility index (Phi) is 2.61. The van der Waals surface area contributed by atoms with Gasteiger partial charge in [-0.1, -0.05) is 25.0 Å². The van der Waals surface area contributed by atoms with Crippen molar-refractivity contribution in [1.82, 2.24) is 15.0 Å². The van der Waals surface area contributed by atoms with Crippen molar-refractivity contribution in [2.75, 3.05) is 0 Å². The van der Waals surface area contributed by atoms with E-state index in [0.29, 0.717) is 11.7 Å². The smallest absolute Gasteiger partial charge is 0.170 e. The lowest BCUT2D eigenvalue weighted by atomic mass is 10.2. The fraction of sp³-hybridized carbons (Fsp3) is 0.700. The number of nitrogens with zero attached hydrogens (tertiary/aromatic N) is 3. The Morgan fingerprint density at radius 2 is 2.21 bits per heavy atom. The molecule has 1 fully saturated rings. The van der Waals surface area contributed by atoms with Crippen LogP contribution < -0.4 is 0 Å². The van der Waals surface area contributed by atoms with Crippen molar-refractivity contribution in [3.8, 4) is 0 Å².